The van der Waals surface area contributed by atoms with E-state index in [4.69, 9.17) is 22.4 Å². The van der Waals surface area contributed by atoms with E-state index in [9.17, 15) is 24.5 Å². The Kier molecular flexibility index (Phi) is 5.19. The molecule has 0 aliphatic rings. The van der Waals surface area contributed by atoms with E-state index in [0.717, 1.165) is 6.07 Å². The van der Waals surface area contributed by atoms with Crippen LogP contribution in [0.1, 0.15) is 16.8 Å². The van der Waals surface area contributed by atoms with Crippen LogP contribution in [0.15, 0.2) is 18.2 Å². The van der Waals surface area contributed by atoms with Gasteiger partial charge in [0.1, 0.15) is 11.6 Å². The van der Waals surface area contributed by atoms with E-state index in [1.165, 1.54) is 12.1 Å². The molecule has 0 aromatic heterocycles. The van der Waals surface area contributed by atoms with E-state index >= 15 is 0 Å². The number of hydrogen-bond donors (Lipinski definition) is 3. The number of carbonyl (C=O) groups is 3. The van der Waals surface area contributed by atoms with E-state index in [0.29, 0.717) is 0 Å². The van der Waals surface area contributed by atoms with Crippen molar-refractivity contribution in [3.63, 3.8) is 0 Å². The third-order valence-corrected chi connectivity index (χ3v) is 2.74. The molecule has 10 heteroatoms. The lowest BCUT2D eigenvalue weighted by molar-refractivity contribution is -0.385. The highest BCUT2D eigenvalue weighted by Crippen LogP contribution is 2.26. The molecule has 1 aromatic carbocycles. The van der Waals surface area contributed by atoms with Gasteiger partial charge in [0.25, 0.3) is 11.6 Å². The molecule has 1 atom stereocenters. The molecule has 4 N–H and O–H groups in total. The van der Waals surface area contributed by atoms with Crippen molar-refractivity contribution in [2.24, 2.45) is 5.73 Å². The van der Waals surface area contributed by atoms with Crippen LogP contribution in [0.3, 0.4) is 0 Å². The summed E-state index contributed by atoms with van der Waals surface area (Å²) in [6, 6.07) is 1.96. The number of nitrogens with one attached hydrogen (secondary N) is 1. The van der Waals surface area contributed by atoms with Gasteiger partial charge in [-0.25, -0.2) is 4.79 Å². The number of hydrogen-bond acceptors (Lipinski definition) is 5. The normalized spacial score (nSPS) is 11.5. The van der Waals surface area contributed by atoms with Crippen LogP contribution < -0.4 is 11.1 Å². The number of primary amides is 1. The number of amides is 2. The van der Waals surface area contributed by atoms with Crippen molar-refractivity contribution in [1.29, 1.82) is 0 Å². The zero-order chi connectivity index (χ0) is 16.2. The van der Waals surface area contributed by atoms with Crippen LogP contribution in [0.2, 0.25) is 5.02 Å². The summed E-state index contributed by atoms with van der Waals surface area (Å²) in [5.74, 6) is -3.53. The Hall–Kier alpha value is -2.68. The van der Waals surface area contributed by atoms with Crippen LogP contribution >= 0.6 is 11.6 Å². The number of nitrogens with two attached hydrogens (primary N) is 1. The lowest BCUT2D eigenvalue weighted by Crippen LogP contribution is -2.43. The van der Waals surface area contributed by atoms with E-state index in [2.05, 4.69) is 0 Å². The smallest absolute Gasteiger partial charge is 0.326 e. The van der Waals surface area contributed by atoms with Gasteiger partial charge in [-0.3, -0.25) is 19.7 Å². The zero-order valence-electron chi connectivity index (χ0n) is 10.4. The number of halogens is 1. The van der Waals surface area contributed by atoms with Crippen LogP contribution in [0.4, 0.5) is 5.69 Å². The van der Waals surface area contributed by atoms with Gasteiger partial charge in [-0.05, 0) is 6.07 Å². The number of rotatable bonds is 6. The van der Waals surface area contributed by atoms with E-state index in [-0.39, 0.29) is 5.02 Å². The number of nitro groups is 1. The van der Waals surface area contributed by atoms with Crippen molar-refractivity contribution in [2.45, 2.75) is 12.5 Å². The van der Waals surface area contributed by atoms with Crippen LogP contribution in [-0.2, 0) is 9.59 Å². The number of aliphatic carboxylic acids is 1. The topological polar surface area (TPSA) is 153 Å². The zero-order valence-corrected chi connectivity index (χ0v) is 11.2. The first kappa shape index (κ1) is 16.4. The molecule has 0 saturated carbocycles. The lowest BCUT2D eigenvalue weighted by atomic mass is 10.1. The van der Waals surface area contributed by atoms with Gasteiger partial charge in [-0.15, -0.1) is 0 Å². The fourth-order valence-corrected chi connectivity index (χ4v) is 1.78. The summed E-state index contributed by atoms with van der Waals surface area (Å²) in [6.07, 6.45) is -0.653. The Balaban J connectivity index is 3.11. The lowest BCUT2D eigenvalue weighted by Gasteiger charge is -2.13. The fraction of sp³-hybridized carbons (Fsp3) is 0.182. The van der Waals surface area contributed by atoms with Crippen molar-refractivity contribution < 1.29 is 24.4 Å². The van der Waals surface area contributed by atoms with Gasteiger partial charge < -0.3 is 16.2 Å². The predicted molar refractivity (Wildman–Crippen MR) is 70.8 cm³/mol. The summed E-state index contributed by atoms with van der Waals surface area (Å²) < 4.78 is 0. The number of carboxylic acids is 1. The van der Waals surface area contributed by atoms with Gasteiger partial charge in [-0.2, -0.15) is 0 Å². The van der Waals surface area contributed by atoms with Crippen molar-refractivity contribution in [3.8, 4) is 0 Å². The highest BCUT2D eigenvalue weighted by Gasteiger charge is 2.28. The van der Waals surface area contributed by atoms with Crippen LogP contribution in [0, 0.1) is 10.1 Å². The number of carboxylic acid groups (broad SMARTS) is 1. The van der Waals surface area contributed by atoms with Crippen molar-refractivity contribution in [2.75, 3.05) is 0 Å². The predicted octanol–water partition coefficient (Wildman–Crippen LogP) is 0.307. The average Bonchev–Trinajstić information content (AvgIpc) is 2.36. The molecule has 2 amide bonds. The summed E-state index contributed by atoms with van der Waals surface area (Å²) in [5.41, 5.74) is 3.80. The molecule has 0 radical (unpaired) electrons. The largest absolute Gasteiger partial charge is 0.480 e. The third-order valence-electron chi connectivity index (χ3n) is 2.42. The number of nitrogens with zero attached hydrogens (tertiary/aromatic N) is 1. The molecular formula is C11H10ClN3O6. The molecule has 0 aliphatic carbocycles. The molecule has 21 heavy (non-hydrogen) atoms. The molecule has 0 fully saturated rings. The van der Waals surface area contributed by atoms with Crippen LogP contribution in [-0.4, -0.2) is 33.9 Å². The Morgan fingerprint density at radius 3 is 2.52 bits per heavy atom. The second kappa shape index (κ2) is 6.66. The first-order valence-corrected chi connectivity index (χ1v) is 5.86. The summed E-state index contributed by atoms with van der Waals surface area (Å²) in [5, 5.41) is 21.5. The minimum Gasteiger partial charge on any atom is -0.480 e. The number of carbonyl (C=O) groups excluding carboxylic acids is 2. The maximum Gasteiger partial charge on any atom is 0.326 e. The number of benzene rings is 1. The summed E-state index contributed by atoms with van der Waals surface area (Å²) in [6.45, 7) is 0. The van der Waals surface area contributed by atoms with Gasteiger partial charge in [0, 0.05) is 6.07 Å². The first-order chi connectivity index (χ1) is 9.73. The molecular weight excluding hydrogens is 306 g/mol. The SMILES string of the molecule is NC(=O)CC(NC(=O)c1c(Cl)cccc1[N+](=O)[O-])C(=O)O. The Bertz CT molecular complexity index is 618. The van der Waals surface area contributed by atoms with Crippen molar-refractivity contribution in [3.05, 3.63) is 38.9 Å². The molecule has 0 saturated heterocycles. The molecule has 9 nitrogen and oxygen atoms in total. The minimum atomic E-state index is -1.61. The maximum atomic E-state index is 12.0. The van der Waals surface area contributed by atoms with Crippen LogP contribution in [0.25, 0.3) is 0 Å². The molecule has 112 valence electrons. The van der Waals surface area contributed by atoms with Crippen LogP contribution in [0.5, 0.6) is 0 Å². The summed E-state index contributed by atoms with van der Waals surface area (Å²) in [7, 11) is 0. The molecule has 0 aliphatic heterocycles. The second-order valence-electron chi connectivity index (χ2n) is 3.93. The van der Waals surface area contributed by atoms with E-state index in [1.807, 2.05) is 5.32 Å². The third kappa shape index (κ3) is 4.14. The molecule has 0 bridgehead atoms. The van der Waals surface area contributed by atoms with Gasteiger partial charge in [0.05, 0.1) is 16.4 Å². The van der Waals surface area contributed by atoms with E-state index < -0.39 is 46.4 Å². The monoisotopic (exact) mass is 315 g/mol. The Morgan fingerprint density at radius 2 is 2.05 bits per heavy atom. The molecule has 1 rings (SSSR count). The van der Waals surface area contributed by atoms with Crippen molar-refractivity contribution in [1.82, 2.24) is 5.32 Å². The average molecular weight is 316 g/mol. The summed E-state index contributed by atoms with van der Waals surface area (Å²) in [4.78, 5) is 43.7. The highest BCUT2D eigenvalue weighted by atomic mass is 35.5. The number of nitro benzene ring substituents is 1. The minimum absolute atomic E-state index is 0.218. The molecule has 1 unspecified atom stereocenters. The Labute approximate surface area is 122 Å². The highest BCUT2D eigenvalue weighted by molar-refractivity contribution is 6.34. The van der Waals surface area contributed by atoms with Gasteiger partial charge in [-0.1, -0.05) is 17.7 Å². The quantitative estimate of drug-likeness (QED) is 0.507. The molecule has 0 heterocycles. The standard InChI is InChI=1S/C11H10ClN3O6/c12-5-2-1-3-7(15(20)21)9(5)10(17)14-6(11(18)19)4-8(13)16/h1-3,6H,4H2,(H2,13,16)(H,14,17)(H,18,19). The first-order valence-electron chi connectivity index (χ1n) is 5.49. The summed E-state index contributed by atoms with van der Waals surface area (Å²) >= 11 is 5.73. The maximum absolute atomic E-state index is 12.0. The van der Waals surface area contributed by atoms with E-state index in [1.54, 1.807) is 0 Å². The van der Waals surface area contributed by atoms with Gasteiger partial charge in [0.2, 0.25) is 5.91 Å². The van der Waals surface area contributed by atoms with Crippen molar-refractivity contribution >= 4 is 35.1 Å². The van der Waals surface area contributed by atoms with Gasteiger partial charge in [0.15, 0.2) is 0 Å². The van der Waals surface area contributed by atoms with Gasteiger partial charge >= 0.3 is 5.97 Å². The fourth-order valence-electron chi connectivity index (χ4n) is 1.52. The molecule has 0 spiro atoms. The molecule has 1 aromatic rings. The Morgan fingerprint density at radius 1 is 1.43 bits per heavy atom. The second-order valence-corrected chi connectivity index (χ2v) is 4.33.